The van der Waals surface area contributed by atoms with Gasteiger partial charge in [-0.05, 0) is 67.6 Å². The second-order valence-electron chi connectivity index (χ2n) is 11.0. The molecule has 0 saturated heterocycles. The van der Waals surface area contributed by atoms with E-state index in [9.17, 15) is 9.90 Å². The minimum Gasteiger partial charge on any atom is -0.481 e. The molecule has 0 atom stereocenters. The van der Waals surface area contributed by atoms with Gasteiger partial charge in [0.05, 0.1) is 24.1 Å². The first-order valence-corrected chi connectivity index (χ1v) is 14.4. The third-order valence-electron chi connectivity index (χ3n) is 7.88. The van der Waals surface area contributed by atoms with Gasteiger partial charge in [0.2, 0.25) is 17.8 Å². The van der Waals surface area contributed by atoms with Crippen molar-refractivity contribution in [2.75, 3.05) is 23.1 Å². The number of nitrogens with one attached hydrogen (secondary N) is 3. The number of pyridine rings is 1. The van der Waals surface area contributed by atoms with Gasteiger partial charge in [-0.25, -0.2) is 4.98 Å². The zero-order chi connectivity index (χ0) is 31.2. The summed E-state index contributed by atoms with van der Waals surface area (Å²) in [5.74, 6) is 0.787. The van der Waals surface area contributed by atoms with Crippen LogP contribution in [0.15, 0.2) is 78.9 Å². The van der Waals surface area contributed by atoms with Crippen LogP contribution in [0.5, 0.6) is 11.9 Å². The molecule has 45 heavy (non-hydrogen) atoms. The maximum atomic E-state index is 14.0. The summed E-state index contributed by atoms with van der Waals surface area (Å²) in [6.07, 6.45) is 0. The monoisotopic (exact) mass is 595 g/mol. The average molecular weight is 596 g/mol. The van der Waals surface area contributed by atoms with Crippen LogP contribution in [0.4, 0.5) is 34.6 Å². The summed E-state index contributed by atoms with van der Waals surface area (Å²) in [4.78, 5) is 31.3. The molecule has 1 aliphatic rings. The molecule has 222 valence electrons. The maximum Gasteiger partial charge on any atom is 0.320 e. The minimum atomic E-state index is -0.419. The van der Waals surface area contributed by atoms with Crippen LogP contribution in [0.2, 0.25) is 0 Å². The Morgan fingerprint density at radius 3 is 2.16 bits per heavy atom. The third kappa shape index (κ3) is 5.12. The number of benzene rings is 4. The Bertz CT molecular complexity index is 2150. The topological polar surface area (TPSA) is 134 Å². The van der Waals surface area contributed by atoms with E-state index in [-0.39, 0.29) is 17.7 Å². The predicted molar refractivity (Wildman–Crippen MR) is 176 cm³/mol. The van der Waals surface area contributed by atoms with Crippen molar-refractivity contribution < 1.29 is 14.6 Å². The van der Waals surface area contributed by atoms with E-state index in [4.69, 9.17) is 9.72 Å². The lowest BCUT2D eigenvalue weighted by atomic mass is 9.83. The Labute approximate surface area is 259 Å². The van der Waals surface area contributed by atoms with Crippen molar-refractivity contribution in [3.05, 3.63) is 107 Å². The molecule has 0 fully saturated rings. The Hall–Kier alpha value is -6.03. The fourth-order valence-electron chi connectivity index (χ4n) is 5.56. The molecule has 0 bridgehead atoms. The first kappa shape index (κ1) is 27.8. The fraction of sp³-hybridized carbons (Fsp3) is 0.114. The number of methoxy groups -OCH3 is 1. The van der Waals surface area contributed by atoms with Gasteiger partial charge in [-0.1, -0.05) is 48.0 Å². The summed E-state index contributed by atoms with van der Waals surface area (Å²) < 4.78 is 5.53. The Morgan fingerprint density at radius 2 is 1.40 bits per heavy atom. The number of rotatable bonds is 7. The summed E-state index contributed by atoms with van der Waals surface area (Å²) in [5.41, 5.74) is 8.63. The lowest BCUT2D eigenvalue weighted by Crippen LogP contribution is -2.14. The number of hydrogen-bond donors (Lipinski definition) is 4. The highest BCUT2D eigenvalue weighted by Gasteiger charge is 2.30. The number of aromatic nitrogens is 4. The number of hydrogen-bond acceptors (Lipinski definition) is 10. The molecule has 4 aromatic carbocycles. The molecule has 0 saturated carbocycles. The maximum absolute atomic E-state index is 14.0. The summed E-state index contributed by atoms with van der Waals surface area (Å²) >= 11 is 0. The number of ether oxygens (including phenoxy) is 1. The number of aryl methyl sites for hydroxylation is 3. The van der Waals surface area contributed by atoms with Crippen molar-refractivity contribution >= 4 is 51.2 Å². The fourth-order valence-corrected chi connectivity index (χ4v) is 5.56. The summed E-state index contributed by atoms with van der Waals surface area (Å²) in [7, 11) is 1.59. The van der Waals surface area contributed by atoms with Crippen LogP contribution in [0.3, 0.4) is 0 Å². The highest BCUT2D eigenvalue weighted by atomic mass is 16.5. The van der Waals surface area contributed by atoms with E-state index in [0.717, 1.165) is 50.1 Å². The molecule has 2 heterocycles. The highest BCUT2D eigenvalue weighted by molar-refractivity contribution is 6.27. The Balaban J connectivity index is 1.22. The standard InChI is InChI=1S/C35H29N7O3/c1-18-8-12-21(13-9-18)36-33-40-34(42-35(44)41-33)37-22-14-10-20(3)27(16-22)38-26-7-5-6-23-30(26)32(43)24-15-11-19(2)25-17-28(45-4)39-31(23)29(24)25/h5-17,38H,1-4H3,(H3,36,37,40,41,42,44). The van der Waals surface area contributed by atoms with Gasteiger partial charge >= 0.3 is 6.01 Å². The minimum absolute atomic E-state index is 0.0706. The van der Waals surface area contributed by atoms with Crippen LogP contribution >= 0.6 is 0 Å². The first-order valence-electron chi connectivity index (χ1n) is 14.4. The van der Waals surface area contributed by atoms with Crippen molar-refractivity contribution in [2.45, 2.75) is 20.8 Å². The smallest absolute Gasteiger partial charge is 0.320 e. The van der Waals surface area contributed by atoms with Crippen molar-refractivity contribution in [2.24, 2.45) is 0 Å². The average Bonchev–Trinajstić information content (AvgIpc) is 3.02. The number of aromatic hydroxyl groups is 1. The van der Waals surface area contributed by atoms with E-state index in [1.807, 2.05) is 99.6 Å². The van der Waals surface area contributed by atoms with Crippen molar-refractivity contribution in [1.29, 1.82) is 0 Å². The van der Waals surface area contributed by atoms with Gasteiger partial charge in [0.15, 0.2) is 5.78 Å². The molecule has 10 heteroatoms. The molecule has 0 aliphatic heterocycles. The lowest BCUT2D eigenvalue weighted by Gasteiger charge is -2.23. The van der Waals surface area contributed by atoms with Gasteiger partial charge in [0.25, 0.3) is 0 Å². The molecular formula is C35H29N7O3. The number of carbonyl (C=O) groups excluding carboxylic acids is 1. The number of carbonyl (C=O) groups is 1. The molecule has 0 spiro atoms. The largest absolute Gasteiger partial charge is 0.481 e. The molecule has 6 aromatic rings. The number of ketones is 1. The molecule has 10 nitrogen and oxygen atoms in total. The summed E-state index contributed by atoms with van der Waals surface area (Å²) in [6, 6.07) is 24.5. The van der Waals surface area contributed by atoms with E-state index in [0.29, 0.717) is 28.4 Å². The molecule has 7 rings (SSSR count). The zero-order valence-electron chi connectivity index (χ0n) is 25.1. The lowest BCUT2D eigenvalue weighted by molar-refractivity contribution is 0.104. The quantitative estimate of drug-likeness (QED) is 0.147. The van der Waals surface area contributed by atoms with E-state index < -0.39 is 6.01 Å². The van der Waals surface area contributed by atoms with Crippen LogP contribution in [-0.2, 0) is 0 Å². The van der Waals surface area contributed by atoms with Gasteiger partial charge in [0, 0.05) is 39.6 Å². The van der Waals surface area contributed by atoms with Gasteiger partial charge < -0.3 is 25.8 Å². The van der Waals surface area contributed by atoms with E-state index >= 15 is 0 Å². The highest BCUT2D eigenvalue weighted by Crippen LogP contribution is 2.43. The van der Waals surface area contributed by atoms with Crippen LogP contribution < -0.4 is 20.7 Å². The van der Waals surface area contributed by atoms with Crippen LogP contribution in [0.1, 0.15) is 32.6 Å². The zero-order valence-corrected chi connectivity index (χ0v) is 25.1. The molecule has 2 aromatic heterocycles. The van der Waals surface area contributed by atoms with Gasteiger partial charge in [-0.3, -0.25) is 4.79 Å². The SMILES string of the molecule is COc1cc2c(C)ccc3c2c(n1)-c1cccc(Nc2cc(Nc4nc(O)nc(Nc5ccc(C)cc5)n4)ccc2C)c1C3=O. The van der Waals surface area contributed by atoms with E-state index in [1.54, 1.807) is 7.11 Å². The summed E-state index contributed by atoms with van der Waals surface area (Å²) in [6.45, 7) is 6.00. The van der Waals surface area contributed by atoms with E-state index in [1.165, 1.54) is 0 Å². The van der Waals surface area contributed by atoms with Crippen molar-refractivity contribution in [1.82, 2.24) is 19.9 Å². The normalized spacial score (nSPS) is 11.7. The first-order chi connectivity index (χ1) is 21.8. The van der Waals surface area contributed by atoms with Crippen LogP contribution in [0.25, 0.3) is 22.0 Å². The predicted octanol–water partition coefficient (Wildman–Crippen LogP) is 7.50. The van der Waals surface area contributed by atoms with Crippen LogP contribution in [0, 0.1) is 20.8 Å². The molecule has 1 aliphatic carbocycles. The third-order valence-corrected chi connectivity index (χ3v) is 7.88. The summed E-state index contributed by atoms with van der Waals surface area (Å²) in [5, 5.41) is 21.7. The van der Waals surface area contributed by atoms with Crippen molar-refractivity contribution in [3.63, 3.8) is 0 Å². The van der Waals surface area contributed by atoms with Crippen molar-refractivity contribution in [3.8, 4) is 23.1 Å². The van der Waals surface area contributed by atoms with E-state index in [2.05, 4.69) is 30.9 Å². The molecule has 0 unspecified atom stereocenters. The second kappa shape index (κ2) is 10.9. The molecule has 0 radical (unpaired) electrons. The number of fused-ring (bicyclic) bond motifs is 2. The van der Waals surface area contributed by atoms with Gasteiger partial charge in [-0.15, -0.1) is 0 Å². The second-order valence-corrected chi connectivity index (χ2v) is 11.0. The van der Waals surface area contributed by atoms with Gasteiger partial charge in [-0.2, -0.15) is 15.0 Å². The molecular weight excluding hydrogens is 566 g/mol. The number of anilines is 6. The Kier molecular flexibility index (Phi) is 6.74. The Morgan fingerprint density at radius 1 is 0.689 bits per heavy atom. The van der Waals surface area contributed by atoms with Gasteiger partial charge in [0.1, 0.15) is 0 Å². The number of nitrogens with zero attached hydrogens (tertiary/aromatic N) is 4. The molecule has 4 N–H and O–H groups in total. The van der Waals surface area contributed by atoms with Crippen LogP contribution in [-0.4, -0.2) is 37.9 Å². The molecule has 0 amide bonds.